The number of hydrogen-bond acceptors (Lipinski definition) is 2. The summed E-state index contributed by atoms with van der Waals surface area (Å²) in [7, 11) is 0. The van der Waals surface area contributed by atoms with Gasteiger partial charge >= 0.3 is 0 Å². The first-order chi connectivity index (χ1) is 8.16. The van der Waals surface area contributed by atoms with Crippen LogP contribution in [0.2, 0.25) is 0 Å². The average molecular weight is 232 g/mol. The van der Waals surface area contributed by atoms with E-state index < -0.39 is 0 Å². The van der Waals surface area contributed by atoms with Crippen molar-refractivity contribution in [3.8, 4) is 0 Å². The van der Waals surface area contributed by atoms with Gasteiger partial charge in [-0.05, 0) is 36.1 Å². The fourth-order valence-electron chi connectivity index (χ4n) is 2.41. The Labute approximate surface area is 105 Å². The Morgan fingerprint density at radius 3 is 2.94 bits per heavy atom. The highest BCUT2D eigenvalue weighted by Gasteiger charge is 2.15. The van der Waals surface area contributed by atoms with Crippen molar-refractivity contribution in [2.75, 3.05) is 31.1 Å². The zero-order valence-corrected chi connectivity index (χ0v) is 11.2. The van der Waals surface area contributed by atoms with Crippen LogP contribution in [0, 0.1) is 5.92 Å². The lowest BCUT2D eigenvalue weighted by Crippen LogP contribution is -2.29. The maximum atomic E-state index is 3.49. The van der Waals surface area contributed by atoms with Crippen LogP contribution in [0.3, 0.4) is 0 Å². The first kappa shape index (κ1) is 12.4. The van der Waals surface area contributed by atoms with Gasteiger partial charge in [-0.15, -0.1) is 0 Å². The second kappa shape index (κ2) is 5.54. The van der Waals surface area contributed by atoms with Crippen LogP contribution in [0.25, 0.3) is 0 Å². The van der Waals surface area contributed by atoms with Crippen LogP contribution >= 0.6 is 0 Å². The van der Waals surface area contributed by atoms with Crippen molar-refractivity contribution in [1.82, 2.24) is 5.32 Å². The average Bonchev–Trinajstić information content (AvgIpc) is 2.54. The molecule has 1 saturated heterocycles. The van der Waals surface area contributed by atoms with E-state index >= 15 is 0 Å². The van der Waals surface area contributed by atoms with E-state index in [1.807, 2.05) is 0 Å². The molecule has 1 aromatic carbocycles. The van der Waals surface area contributed by atoms with Crippen LogP contribution in [0.15, 0.2) is 24.3 Å². The van der Waals surface area contributed by atoms with Crippen LogP contribution in [0.4, 0.5) is 5.69 Å². The van der Waals surface area contributed by atoms with Crippen molar-refractivity contribution >= 4 is 5.69 Å². The molecule has 0 aliphatic carbocycles. The summed E-state index contributed by atoms with van der Waals surface area (Å²) in [5.41, 5.74) is 2.82. The second-order valence-electron chi connectivity index (χ2n) is 5.50. The van der Waals surface area contributed by atoms with E-state index in [1.165, 1.54) is 11.3 Å². The van der Waals surface area contributed by atoms with E-state index in [2.05, 4.69) is 55.3 Å². The molecule has 2 rings (SSSR count). The number of hydrogen-bond donors (Lipinski definition) is 1. The predicted molar refractivity (Wildman–Crippen MR) is 74.8 cm³/mol. The summed E-state index contributed by atoms with van der Waals surface area (Å²) >= 11 is 0. The second-order valence-corrected chi connectivity index (χ2v) is 5.50. The molecule has 0 saturated carbocycles. The number of nitrogens with zero attached hydrogens (tertiary/aromatic N) is 1. The summed E-state index contributed by atoms with van der Waals surface area (Å²) in [5.74, 6) is 1.33. The van der Waals surface area contributed by atoms with Crippen molar-refractivity contribution in [3.63, 3.8) is 0 Å². The molecule has 1 aliphatic heterocycles. The highest BCUT2D eigenvalue weighted by atomic mass is 15.2. The fourth-order valence-corrected chi connectivity index (χ4v) is 2.41. The van der Waals surface area contributed by atoms with Crippen molar-refractivity contribution < 1.29 is 0 Å². The molecule has 1 N–H and O–H groups in total. The summed E-state index contributed by atoms with van der Waals surface area (Å²) in [6.07, 6.45) is 0. The molecule has 1 fully saturated rings. The van der Waals surface area contributed by atoms with E-state index in [0.717, 1.165) is 32.1 Å². The van der Waals surface area contributed by atoms with Crippen molar-refractivity contribution in [2.24, 2.45) is 5.92 Å². The van der Waals surface area contributed by atoms with Gasteiger partial charge in [0.1, 0.15) is 0 Å². The monoisotopic (exact) mass is 232 g/mol. The predicted octanol–water partition coefficient (Wildman–Crippen LogP) is 2.86. The van der Waals surface area contributed by atoms with Gasteiger partial charge in [0, 0.05) is 25.3 Å². The Morgan fingerprint density at radius 1 is 1.35 bits per heavy atom. The lowest BCUT2D eigenvalue weighted by Gasteiger charge is -2.25. The van der Waals surface area contributed by atoms with E-state index in [1.54, 1.807) is 0 Å². The molecule has 1 heterocycles. The molecule has 17 heavy (non-hydrogen) atoms. The van der Waals surface area contributed by atoms with Gasteiger partial charge in [0.2, 0.25) is 0 Å². The third-order valence-corrected chi connectivity index (χ3v) is 3.49. The molecule has 1 aliphatic rings. The van der Waals surface area contributed by atoms with Gasteiger partial charge in [0.05, 0.1) is 0 Å². The highest BCUT2D eigenvalue weighted by Crippen LogP contribution is 2.22. The molecular weight excluding hydrogens is 208 g/mol. The van der Waals surface area contributed by atoms with E-state index in [0.29, 0.717) is 5.92 Å². The topological polar surface area (TPSA) is 15.3 Å². The van der Waals surface area contributed by atoms with Gasteiger partial charge in [0.15, 0.2) is 0 Å². The largest absolute Gasteiger partial charge is 0.370 e. The van der Waals surface area contributed by atoms with Gasteiger partial charge in [0.25, 0.3) is 0 Å². The third-order valence-electron chi connectivity index (χ3n) is 3.49. The molecule has 0 amide bonds. The third kappa shape index (κ3) is 3.22. The Morgan fingerprint density at radius 2 is 2.18 bits per heavy atom. The van der Waals surface area contributed by atoms with Crippen LogP contribution in [-0.2, 0) is 0 Å². The maximum Gasteiger partial charge on any atom is 0.0369 e. The zero-order chi connectivity index (χ0) is 12.3. The molecule has 0 spiro atoms. The minimum Gasteiger partial charge on any atom is -0.370 e. The molecule has 0 radical (unpaired) electrons. The van der Waals surface area contributed by atoms with Gasteiger partial charge in [-0.1, -0.05) is 32.9 Å². The van der Waals surface area contributed by atoms with Crippen molar-refractivity contribution in [3.05, 3.63) is 29.8 Å². The normalized spacial score (nSPS) is 21.6. The molecule has 94 valence electrons. The first-order valence-corrected chi connectivity index (χ1v) is 6.72. The number of rotatable bonds is 2. The Hall–Kier alpha value is -1.02. The number of nitrogens with one attached hydrogen (secondary N) is 1. The summed E-state index contributed by atoms with van der Waals surface area (Å²) < 4.78 is 0. The summed E-state index contributed by atoms with van der Waals surface area (Å²) in [5, 5.41) is 3.49. The Kier molecular flexibility index (Phi) is 4.06. The minimum atomic E-state index is 0.609. The number of benzene rings is 1. The quantitative estimate of drug-likeness (QED) is 0.843. The van der Waals surface area contributed by atoms with Gasteiger partial charge < -0.3 is 10.2 Å². The first-order valence-electron chi connectivity index (χ1n) is 6.72. The summed E-state index contributed by atoms with van der Waals surface area (Å²) in [4.78, 5) is 2.51. The van der Waals surface area contributed by atoms with Crippen LogP contribution < -0.4 is 10.2 Å². The standard InChI is InChI=1S/C15H24N2/c1-12(2)14-5-4-6-15(9-14)17-8-7-16-10-13(3)11-17/h4-6,9,12-13,16H,7-8,10-11H2,1-3H3. The Bertz CT molecular complexity index is 360. The van der Waals surface area contributed by atoms with Gasteiger partial charge in [-0.3, -0.25) is 0 Å². The molecule has 2 heteroatoms. The lowest BCUT2D eigenvalue weighted by atomic mass is 10.0. The SMILES string of the molecule is CC1CNCCN(c2cccc(C(C)C)c2)C1. The maximum absolute atomic E-state index is 3.49. The van der Waals surface area contributed by atoms with Crippen LogP contribution in [0.5, 0.6) is 0 Å². The molecule has 0 aromatic heterocycles. The molecule has 1 aromatic rings. The molecule has 2 nitrogen and oxygen atoms in total. The van der Waals surface area contributed by atoms with Crippen molar-refractivity contribution in [2.45, 2.75) is 26.7 Å². The summed E-state index contributed by atoms with van der Waals surface area (Å²) in [6, 6.07) is 9.01. The molecule has 1 atom stereocenters. The lowest BCUT2D eigenvalue weighted by molar-refractivity contribution is 0.564. The van der Waals surface area contributed by atoms with E-state index in [-0.39, 0.29) is 0 Å². The van der Waals surface area contributed by atoms with Crippen LogP contribution in [-0.4, -0.2) is 26.2 Å². The van der Waals surface area contributed by atoms with Crippen LogP contribution in [0.1, 0.15) is 32.3 Å². The van der Waals surface area contributed by atoms with E-state index in [4.69, 9.17) is 0 Å². The minimum absolute atomic E-state index is 0.609. The smallest absolute Gasteiger partial charge is 0.0369 e. The van der Waals surface area contributed by atoms with Gasteiger partial charge in [-0.25, -0.2) is 0 Å². The van der Waals surface area contributed by atoms with Crippen molar-refractivity contribution in [1.29, 1.82) is 0 Å². The highest BCUT2D eigenvalue weighted by molar-refractivity contribution is 5.49. The Balaban J connectivity index is 2.17. The number of anilines is 1. The summed E-state index contributed by atoms with van der Waals surface area (Å²) in [6.45, 7) is 11.3. The molecular formula is C15H24N2. The molecule has 0 bridgehead atoms. The molecule has 1 unspecified atom stereocenters. The zero-order valence-electron chi connectivity index (χ0n) is 11.2. The van der Waals surface area contributed by atoms with Gasteiger partial charge in [-0.2, -0.15) is 0 Å². The van der Waals surface area contributed by atoms with E-state index in [9.17, 15) is 0 Å². The fraction of sp³-hybridized carbons (Fsp3) is 0.600.